The number of aromatic nitrogens is 2. The molecule has 0 aliphatic heterocycles. The Morgan fingerprint density at radius 2 is 1.97 bits per heavy atom. The third kappa shape index (κ3) is 4.64. The zero-order valence-corrected chi connectivity index (χ0v) is 17.9. The van der Waals surface area contributed by atoms with Crippen molar-refractivity contribution in [1.82, 2.24) is 9.97 Å². The van der Waals surface area contributed by atoms with Crippen LogP contribution in [0.1, 0.15) is 11.1 Å². The molecule has 6 nitrogen and oxygen atoms in total. The molecule has 0 fully saturated rings. The Balaban J connectivity index is 1.65. The Morgan fingerprint density at radius 1 is 1.16 bits per heavy atom. The van der Waals surface area contributed by atoms with Gasteiger partial charge in [-0.1, -0.05) is 23.5 Å². The van der Waals surface area contributed by atoms with Crippen molar-refractivity contribution in [3.63, 3.8) is 0 Å². The molecule has 2 aromatic carbocycles. The summed E-state index contributed by atoms with van der Waals surface area (Å²) in [6, 6.07) is 13.1. The molecule has 0 spiro atoms. The summed E-state index contributed by atoms with van der Waals surface area (Å²) >= 11 is 1.42. The van der Waals surface area contributed by atoms with E-state index in [1.807, 2.05) is 31.2 Å². The minimum atomic E-state index is -0.365. The number of halogens is 1. The molecule has 4 rings (SSSR count). The zero-order valence-electron chi connectivity index (χ0n) is 17.0. The van der Waals surface area contributed by atoms with E-state index >= 15 is 0 Å². The summed E-state index contributed by atoms with van der Waals surface area (Å²) in [5, 5.41) is 0.541. The van der Waals surface area contributed by atoms with E-state index in [0.717, 1.165) is 15.8 Å². The van der Waals surface area contributed by atoms with E-state index in [1.165, 1.54) is 35.6 Å². The predicted octanol–water partition coefficient (Wildman–Crippen LogP) is 4.76. The first-order valence-corrected chi connectivity index (χ1v) is 10.4. The lowest BCUT2D eigenvalue weighted by Gasteiger charge is -2.20. The normalized spacial score (nSPS) is 10.8. The second kappa shape index (κ2) is 9.09. The number of thiazole rings is 1. The van der Waals surface area contributed by atoms with E-state index in [2.05, 4.69) is 4.98 Å². The molecule has 0 bridgehead atoms. The third-order valence-corrected chi connectivity index (χ3v) is 5.90. The molecule has 0 aliphatic rings. The summed E-state index contributed by atoms with van der Waals surface area (Å²) in [6.07, 6.45) is 3.39. The Labute approximate surface area is 182 Å². The predicted molar refractivity (Wildman–Crippen MR) is 118 cm³/mol. The average Bonchev–Trinajstić information content (AvgIpc) is 3.24. The van der Waals surface area contributed by atoms with Crippen LogP contribution in [0.15, 0.2) is 60.9 Å². The summed E-state index contributed by atoms with van der Waals surface area (Å²) in [5.41, 5.74) is 2.63. The van der Waals surface area contributed by atoms with Gasteiger partial charge in [0.25, 0.3) is 5.91 Å². The van der Waals surface area contributed by atoms with E-state index in [-0.39, 0.29) is 18.3 Å². The standard InChI is InChI=1S/C23H20FN3O3S/c1-15-5-10-19(29-2)21-22(15)31-23(26-21)27(13-16-4-3-11-25-12-16)20(28)14-30-18-8-6-17(24)7-9-18/h3-12H,13-14H2,1-2H3. The number of ether oxygens (including phenoxy) is 2. The van der Waals surface area contributed by atoms with Crippen molar-refractivity contribution >= 4 is 32.6 Å². The van der Waals surface area contributed by atoms with Gasteiger partial charge in [-0.25, -0.2) is 9.37 Å². The van der Waals surface area contributed by atoms with Crippen LogP contribution in [0.2, 0.25) is 0 Å². The molecule has 2 aromatic heterocycles. The number of methoxy groups -OCH3 is 1. The molecule has 8 heteroatoms. The van der Waals surface area contributed by atoms with Gasteiger partial charge in [0.1, 0.15) is 22.8 Å². The number of carbonyl (C=O) groups is 1. The highest BCUT2D eigenvalue weighted by Crippen LogP contribution is 2.37. The molecule has 1 amide bonds. The summed E-state index contributed by atoms with van der Waals surface area (Å²) in [7, 11) is 1.60. The molecule has 31 heavy (non-hydrogen) atoms. The topological polar surface area (TPSA) is 64.5 Å². The third-order valence-electron chi connectivity index (χ3n) is 4.68. The first-order chi connectivity index (χ1) is 15.0. The van der Waals surface area contributed by atoms with Crippen LogP contribution in [-0.4, -0.2) is 29.6 Å². The van der Waals surface area contributed by atoms with Crippen molar-refractivity contribution < 1.29 is 18.7 Å². The van der Waals surface area contributed by atoms with Gasteiger partial charge in [0.15, 0.2) is 11.7 Å². The van der Waals surface area contributed by atoms with Crippen molar-refractivity contribution in [1.29, 1.82) is 0 Å². The van der Waals surface area contributed by atoms with Crippen molar-refractivity contribution in [2.75, 3.05) is 18.6 Å². The first-order valence-electron chi connectivity index (χ1n) is 9.57. The number of hydrogen-bond donors (Lipinski definition) is 0. The maximum Gasteiger partial charge on any atom is 0.267 e. The highest BCUT2D eigenvalue weighted by molar-refractivity contribution is 7.22. The van der Waals surface area contributed by atoms with Crippen molar-refractivity contribution in [3.05, 3.63) is 77.9 Å². The monoisotopic (exact) mass is 437 g/mol. The van der Waals surface area contributed by atoms with Crippen LogP contribution >= 0.6 is 11.3 Å². The fourth-order valence-electron chi connectivity index (χ4n) is 3.07. The van der Waals surface area contributed by atoms with Crippen molar-refractivity contribution in [2.24, 2.45) is 0 Å². The van der Waals surface area contributed by atoms with E-state index in [1.54, 1.807) is 24.4 Å². The second-order valence-corrected chi connectivity index (χ2v) is 7.82. The van der Waals surface area contributed by atoms with E-state index < -0.39 is 0 Å². The lowest BCUT2D eigenvalue weighted by molar-refractivity contribution is -0.120. The number of pyridine rings is 1. The first kappa shape index (κ1) is 20.7. The molecule has 0 unspecified atom stereocenters. The number of hydrogen-bond acceptors (Lipinski definition) is 6. The van der Waals surface area contributed by atoms with Crippen LogP contribution in [0.3, 0.4) is 0 Å². The molecule has 0 N–H and O–H groups in total. The molecule has 0 saturated carbocycles. The molecule has 0 aliphatic carbocycles. The SMILES string of the molecule is COc1ccc(C)c2sc(N(Cc3cccnc3)C(=O)COc3ccc(F)cc3)nc12. The van der Waals surface area contributed by atoms with E-state index in [0.29, 0.717) is 28.7 Å². The van der Waals surface area contributed by atoms with Crippen LogP contribution in [0.4, 0.5) is 9.52 Å². The minimum Gasteiger partial charge on any atom is -0.494 e. The van der Waals surface area contributed by atoms with Crippen molar-refractivity contribution in [2.45, 2.75) is 13.5 Å². The lowest BCUT2D eigenvalue weighted by Crippen LogP contribution is -2.34. The Bertz CT molecular complexity index is 1200. The van der Waals surface area contributed by atoms with Gasteiger partial charge in [0.2, 0.25) is 0 Å². The summed E-state index contributed by atoms with van der Waals surface area (Å²) < 4.78 is 25.1. The maximum atomic E-state index is 13.1. The Morgan fingerprint density at radius 3 is 2.68 bits per heavy atom. The van der Waals surface area contributed by atoms with Crippen LogP contribution in [0.5, 0.6) is 11.5 Å². The van der Waals surface area contributed by atoms with Crippen LogP contribution in [0.25, 0.3) is 10.2 Å². The number of fused-ring (bicyclic) bond motifs is 1. The Kier molecular flexibility index (Phi) is 6.08. The number of rotatable bonds is 7. The van der Waals surface area contributed by atoms with Gasteiger partial charge < -0.3 is 9.47 Å². The molecule has 0 atom stereocenters. The number of benzene rings is 2. The number of anilines is 1. The summed E-state index contributed by atoms with van der Waals surface area (Å²) in [6.45, 7) is 2.08. The summed E-state index contributed by atoms with van der Waals surface area (Å²) in [5.74, 6) is 0.428. The average molecular weight is 437 g/mol. The van der Waals surface area contributed by atoms with Gasteiger partial charge in [-0.05, 0) is 54.4 Å². The van der Waals surface area contributed by atoms with Gasteiger partial charge in [0, 0.05) is 12.4 Å². The Hall–Kier alpha value is -3.52. The van der Waals surface area contributed by atoms with Gasteiger partial charge in [-0.15, -0.1) is 0 Å². The highest BCUT2D eigenvalue weighted by atomic mass is 32.1. The molecule has 4 aromatic rings. The molecule has 2 heterocycles. The maximum absolute atomic E-state index is 13.1. The lowest BCUT2D eigenvalue weighted by atomic mass is 10.2. The molecular weight excluding hydrogens is 417 g/mol. The van der Waals surface area contributed by atoms with Gasteiger partial charge in [0.05, 0.1) is 18.4 Å². The quantitative estimate of drug-likeness (QED) is 0.417. The minimum absolute atomic E-state index is 0.210. The smallest absolute Gasteiger partial charge is 0.267 e. The number of amides is 1. The number of carbonyl (C=O) groups excluding carboxylic acids is 1. The highest BCUT2D eigenvalue weighted by Gasteiger charge is 2.22. The molecule has 0 saturated heterocycles. The van der Waals surface area contributed by atoms with Gasteiger partial charge in [-0.3, -0.25) is 14.7 Å². The van der Waals surface area contributed by atoms with Crippen LogP contribution in [0, 0.1) is 12.7 Å². The largest absolute Gasteiger partial charge is 0.494 e. The molecular formula is C23H20FN3O3S. The van der Waals surface area contributed by atoms with E-state index in [9.17, 15) is 9.18 Å². The van der Waals surface area contributed by atoms with E-state index in [4.69, 9.17) is 14.5 Å². The fourth-order valence-corrected chi connectivity index (χ4v) is 4.14. The molecule has 158 valence electrons. The summed E-state index contributed by atoms with van der Waals surface area (Å²) in [4.78, 5) is 23.6. The molecule has 0 radical (unpaired) electrons. The van der Waals surface area contributed by atoms with Crippen molar-refractivity contribution in [3.8, 4) is 11.5 Å². The fraction of sp³-hybridized carbons (Fsp3) is 0.174. The number of aryl methyl sites for hydroxylation is 1. The zero-order chi connectivity index (χ0) is 21.8. The second-order valence-electron chi connectivity index (χ2n) is 6.84. The van der Waals surface area contributed by atoms with Crippen LogP contribution in [-0.2, 0) is 11.3 Å². The van der Waals surface area contributed by atoms with Gasteiger partial charge >= 0.3 is 0 Å². The van der Waals surface area contributed by atoms with Crippen LogP contribution < -0.4 is 14.4 Å². The number of nitrogens with zero attached hydrogens (tertiary/aromatic N) is 3. The van der Waals surface area contributed by atoms with Gasteiger partial charge in [-0.2, -0.15) is 0 Å².